The number of nitrogens with zero attached hydrogens (tertiary/aromatic N) is 2. The number of carbonyl (C=O) groups is 2. The molecule has 0 atom stereocenters. The second kappa shape index (κ2) is 8.91. The minimum atomic E-state index is -0.379. The summed E-state index contributed by atoms with van der Waals surface area (Å²) in [6, 6.07) is 10.6. The van der Waals surface area contributed by atoms with Gasteiger partial charge in [0.15, 0.2) is 11.5 Å². The van der Waals surface area contributed by atoms with E-state index in [1.54, 1.807) is 32.2 Å². The standard InChI is InChI=1S/C23H26N4O4/c1-13-8-7-9-14(2)20(13)25-22(28)16-11-17(21(31-6)19(12-16)30-5)24-23(29)18-10-15(3)26-27(18)4/h7-12H,1-6H3,(H,24,29)(H,25,28). The number of aryl methyl sites for hydroxylation is 4. The Bertz CT molecular complexity index is 1130. The zero-order valence-corrected chi connectivity index (χ0v) is 18.5. The van der Waals surface area contributed by atoms with Gasteiger partial charge in [-0.3, -0.25) is 14.3 Å². The largest absolute Gasteiger partial charge is 0.493 e. The van der Waals surface area contributed by atoms with Crippen molar-refractivity contribution in [1.82, 2.24) is 9.78 Å². The molecule has 3 aromatic rings. The fraction of sp³-hybridized carbons (Fsp3) is 0.261. The van der Waals surface area contributed by atoms with Crippen LogP contribution in [0.4, 0.5) is 11.4 Å². The van der Waals surface area contributed by atoms with Crippen LogP contribution in [0.15, 0.2) is 36.4 Å². The molecule has 31 heavy (non-hydrogen) atoms. The lowest BCUT2D eigenvalue weighted by Gasteiger charge is -2.17. The number of hydrogen-bond donors (Lipinski definition) is 2. The Morgan fingerprint density at radius 2 is 1.61 bits per heavy atom. The van der Waals surface area contributed by atoms with Gasteiger partial charge >= 0.3 is 0 Å². The number of ether oxygens (including phenoxy) is 2. The van der Waals surface area contributed by atoms with E-state index in [9.17, 15) is 9.59 Å². The van der Waals surface area contributed by atoms with Crippen LogP contribution in [0, 0.1) is 20.8 Å². The van der Waals surface area contributed by atoms with Crippen LogP contribution in [0.2, 0.25) is 0 Å². The second-order valence-electron chi connectivity index (χ2n) is 7.23. The molecule has 0 saturated heterocycles. The molecule has 162 valence electrons. The first-order valence-corrected chi connectivity index (χ1v) is 9.70. The summed E-state index contributed by atoms with van der Waals surface area (Å²) in [6.07, 6.45) is 0. The molecule has 0 radical (unpaired) electrons. The van der Waals surface area contributed by atoms with Crippen molar-refractivity contribution in [3.05, 3.63) is 64.5 Å². The van der Waals surface area contributed by atoms with Crippen LogP contribution in [0.25, 0.3) is 0 Å². The third-order valence-electron chi connectivity index (χ3n) is 4.94. The summed E-state index contributed by atoms with van der Waals surface area (Å²) < 4.78 is 12.3. The number of para-hydroxylation sites is 1. The van der Waals surface area contributed by atoms with Crippen molar-refractivity contribution in [3.63, 3.8) is 0 Å². The molecule has 0 unspecified atom stereocenters. The molecule has 2 amide bonds. The highest BCUT2D eigenvalue weighted by Gasteiger charge is 2.20. The monoisotopic (exact) mass is 422 g/mol. The lowest BCUT2D eigenvalue weighted by atomic mass is 10.1. The first-order valence-electron chi connectivity index (χ1n) is 9.70. The summed E-state index contributed by atoms with van der Waals surface area (Å²) in [5.74, 6) is -0.0625. The highest BCUT2D eigenvalue weighted by Crippen LogP contribution is 2.37. The summed E-state index contributed by atoms with van der Waals surface area (Å²) in [5, 5.41) is 9.94. The lowest BCUT2D eigenvalue weighted by molar-refractivity contribution is 0.101. The van der Waals surface area contributed by atoms with Gasteiger partial charge in [0.2, 0.25) is 0 Å². The number of carbonyl (C=O) groups excluding carboxylic acids is 2. The van der Waals surface area contributed by atoms with Crippen molar-refractivity contribution in [3.8, 4) is 11.5 Å². The van der Waals surface area contributed by atoms with Gasteiger partial charge in [-0.05, 0) is 50.1 Å². The molecule has 0 aliphatic carbocycles. The Morgan fingerprint density at radius 3 is 2.16 bits per heavy atom. The fourth-order valence-electron chi connectivity index (χ4n) is 3.40. The smallest absolute Gasteiger partial charge is 0.274 e. The number of benzene rings is 2. The number of amides is 2. The molecule has 0 saturated carbocycles. The van der Waals surface area contributed by atoms with Gasteiger partial charge in [-0.25, -0.2) is 0 Å². The van der Waals surface area contributed by atoms with Crippen LogP contribution in [-0.2, 0) is 7.05 Å². The Kier molecular flexibility index (Phi) is 6.29. The van der Waals surface area contributed by atoms with Gasteiger partial charge in [0.25, 0.3) is 11.8 Å². The van der Waals surface area contributed by atoms with Crippen molar-refractivity contribution in [2.24, 2.45) is 7.05 Å². The maximum Gasteiger partial charge on any atom is 0.274 e. The van der Waals surface area contributed by atoms with E-state index in [0.717, 1.165) is 22.5 Å². The predicted molar refractivity (Wildman–Crippen MR) is 119 cm³/mol. The van der Waals surface area contributed by atoms with Gasteiger partial charge in [0.05, 0.1) is 25.6 Å². The molecule has 2 aromatic carbocycles. The molecule has 0 bridgehead atoms. The van der Waals surface area contributed by atoms with Crippen molar-refractivity contribution in [2.45, 2.75) is 20.8 Å². The Labute approximate surface area is 181 Å². The number of hydrogen-bond acceptors (Lipinski definition) is 5. The Morgan fingerprint density at radius 1 is 0.935 bits per heavy atom. The Balaban J connectivity index is 1.98. The van der Waals surface area contributed by atoms with E-state index in [4.69, 9.17) is 9.47 Å². The third-order valence-corrected chi connectivity index (χ3v) is 4.94. The summed E-state index contributed by atoms with van der Waals surface area (Å²) in [7, 11) is 4.63. The first kappa shape index (κ1) is 21.9. The van der Waals surface area contributed by atoms with E-state index >= 15 is 0 Å². The van der Waals surface area contributed by atoms with Crippen molar-refractivity contribution in [1.29, 1.82) is 0 Å². The predicted octanol–water partition coefficient (Wildman–Crippen LogP) is 3.87. The third kappa shape index (κ3) is 4.53. The molecule has 0 aliphatic heterocycles. The molecular weight excluding hydrogens is 396 g/mol. The maximum absolute atomic E-state index is 13.0. The molecule has 1 heterocycles. The average Bonchev–Trinajstić information content (AvgIpc) is 3.08. The summed E-state index contributed by atoms with van der Waals surface area (Å²) in [5.41, 5.74) is 4.39. The van der Waals surface area contributed by atoms with Gasteiger partial charge in [0, 0.05) is 18.3 Å². The van der Waals surface area contributed by atoms with E-state index in [1.807, 2.05) is 32.0 Å². The van der Waals surface area contributed by atoms with Gasteiger partial charge in [0.1, 0.15) is 5.69 Å². The molecule has 3 rings (SSSR count). The van der Waals surface area contributed by atoms with E-state index in [-0.39, 0.29) is 11.8 Å². The Hall–Kier alpha value is -3.81. The quantitative estimate of drug-likeness (QED) is 0.629. The number of anilines is 2. The zero-order chi connectivity index (χ0) is 22.7. The molecule has 8 nitrogen and oxygen atoms in total. The van der Waals surface area contributed by atoms with E-state index in [1.165, 1.54) is 18.9 Å². The fourth-order valence-corrected chi connectivity index (χ4v) is 3.40. The lowest BCUT2D eigenvalue weighted by Crippen LogP contribution is -2.18. The van der Waals surface area contributed by atoms with Crippen molar-refractivity contribution in [2.75, 3.05) is 24.9 Å². The number of rotatable bonds is 6. The molecule has 0 spiro atoms. The molecule has 0 aliphatic rings. The van der Waals surface area contributed by atoms with Crippen LogP contribution in [0.1, 0.15) is 37.7 Å². The van der Waals surface area contributed by atoms with Gasteiger partial charge in [-0.2, -0.15) is 5.10 Å². The topological polar surface area (TPSA) is 94.5 Å². The molecule has 2 N–H and O–H groups in total. The van der Waals surface area contributed by atoms with Gasteiger partial charge in [-0.15, -0.1) is 0 Å². The summed E-state index contributed by atoms with van der Waals surface area (Å²) >= 11 is 0. The highest BCUT2D eigenvalue weighted by atomic mass is 16.5. The van der Waals surface area contributed by atoms with Crippen LogP contribution < -0.4 is 20.1 Å². The number of methoxy groups -OCH3 is 2. The summed E-state index contributed by atoms with van der Waals surface area (Å²) in [6.45, 7) is 5.66. The van der Waals surface area contributed by atoms with Gasteiger partial charge < -0.3 is 20.1 Å². The minimum absolute atomic E-state index is 0.316. The van der Waals surface area contributed by atoms with Crippen LogP contribution >= 0.6 is 0 Å². The van der Waals surface area contributed by atoms with Crippen molar-refractivity contribution >= 4 is 23.2 Å². The highest BCUT2D eigenvalue weighted by molar-refractivity contribution is 6.08. The van der Waals surface area contributed by atoms with Crippen LogP contribution in [0.3, 0.4) is 0 Å². The van der Waals surface area contributed by atoms with E-state index < -0.39 is 0 Å². The normalized spacial score (nSPS) is 10.5. The minimum Gasteiger partial charge on any atom is -0.493 e. The molecule has 8 heteroatoms. The average molecular weight is 422 g/mol. The van der Waals surface area contributed by atoms with E-state index in [2.05, 4.69) is 15.7 Å². The first-order chi connectivity index (χ1) is 14.7. The zero-order valence-electron chi connectivity index (χ0n) is 18.5. The maximum atomic E-state index is 13.0. The van der Waals surface area contributed by atoms with Crippen LogP contribution in [0.5, 0.6) is 11.5 Å². The molecule has 0 fully saturated rings. The second-order valence-corrected chi connectivity index (χ2v) is 7.23. The number of aromatic nitrogens is 2. The molecular formula is C23H26N4O4. The molecule has 1 aromatic heterocycles. The van der Waals surface area contributed by atoms with E-state index in [0.29, 0.717) is 28.4 Å². The number of nitrogens with one attached hydrogen (secondary N) is 2. The van der Waals surface area contributed by atoms with Gasteiger partial charge in [-0.1, -0.05) is 18.2 Å². The SMILES string of the molecule is COc1cc(C(=O)Nc2c(C)cccc2C)cc(NC(=O)c2cc(C)nn2C)c1OC. The van der Waals surface area contributed by atoms with Crippen LogP contribution in [-0.4, -0.2) is 35.8 Å². The summed E-state index contributed by atoms with van der Waals surface area (Å²) in [4.78, 5) is 25.8. The van der Waals surface area contributed by atoms with Crippen molar-refractivity contribution < 1.29 is 19.1 Å².